The number of carbonyl (C=O) groups is 2. The van der Waals surface area contributed by atoms with Crippen LogP contribution in [-0.2, 0) is 35.0 Å². The minimum Gasteiger partial charge on any atom is -0.468 e. The van der Waals surface area contributed by atoms with E-state index in [1.807, 2.05) is 45.0 Å². The van der Waals surface area contributed by atoms with Crippen LogP contribution < -0.4 is 9.47 Å². The van der Waals surface area contributed by atoms with Crippen molar-refractivity contribution in [2.24, 2.45) is 0 Å². The summed E-state index contributed by atoms with van der Waals surface area (Å²) < 4.78 is 31.7. The van der Waals surface area contributed by atoms with Crippen LogP contribution in [0.2, 0.25) is 0 Å². The third-order valence-electron chi connectivity index (χ3n) is 4.68. The van der Waals surface area contributed by atoms with Crippen LogP contribution >= 0.6 is 0 Å². The highest BCUT2D eigenvalue weighted by molar-refractivity contribution is 5.82. The third-order valence-corrected chi connectivity index (χ3v) is 4.68. The minimum absolute atomic E-state index is 0.0379. The van der Waals surface area contributed by atoms with E-state index < -0.39 is 17.5 Å². The number of aryl methyl sites for hydroxylation is 1. The lowest BCUT2D eigenvalue weighted by Crippen LogP contribution is -2.24. The Labute approximate surface area is 201 Å². The van der Waals surface area contributed by atoms with E-state index in [1.165, 1.54) is 21.3 Å². The van der Waals surface area contributed by atoms with Gasteiger partial charge in [-0.05, 0) is 56.0 Å². The van der Waals surface area contributed by atoms with Crippen molar-refractivity contribution in [3.8, 4) is 11.5 Å². The number of ether oxygens (including phenoxy) is 6. The first-order chi connectivity index (χ1) is 16.2. The van der Waals surface area contributed by atoms with Crippen LogP contribution in [0.5, 0.6) is 11.5 Å². The van der Waals surface area contributed by atoms with Gasteiger partial charge in [0, 0.05) is 26.7 Å². The summed E-state index contributed by atoms with van der Waals surface area (Å²) in [6.45, 7) is 5.58. The van der Waals surface area contributed by atoms with E-state index in [9.17, 15) is 9.59 Å². The van der Waals surface area contributed by atoms with E-state index in [0.717, 1.165) is 11.1 Å². The molecule has 0 fully saturated rings. The molecule has 34 heavy (non-hydrogen) atoms. The molecule has 0 aromatic heterocycles. The van der Waals surface area contributed by atoms with Crippen molar-refractivity contribution in [1.29, 1.82) is 0 Å². The van der Waals surface area contributed by atoms with Gasteiger partial charge in [-0.3, -0.25) is 9.59 Å². The van der Waals surface area contributed by atoms with Gasteiger partial charge < -0.3 is 28.4 Å². The van der Waals surface area contributed by atoms with Crippen molar-refractivity contribution in [2.45, 2.75) is 45.1 Å². The molecular weight excluding hydrogens is 440 g/mol. The fourth-order valence-electron chi connectivity index (χ4n) is 3.33. The van der Waals surface area contributed by atoms with E-state index in [0.29, 0.717) is 23.5 Å². The highest BCUT2D eigenvalue weighted by Gasteiger charge is 2.26. The van der Waals surface area contributed by atoms with Crippen molar-refractivity contribution in [3.05, 3.63) is 59.2 Å². The lowest BCUT2D eigenvalue weighted by Gasteiger charge is -2.20. The second kappa shape index (κ2) is 13.0. The standard InChI is InChI=1S/C26H34O8/c1-26(2,3)34-23(27)11-10-18-8-7-9-19(12-18)24(25(28)31-6)20-13-21(32-16-29-4)15-22(14-20)33-17-30-5/h7-9,12-15,24H,10-11,16-17H2,1-6H3. The average molecular weight is 475 g/mol. The molecule has 2 aromatic rings. The van der Waals surface area contributed by atoms with Crippen molar-refractivity contribution in [1.82, 2.24) is 0 Å². The van der Waals surface area contributed by atoms with Crippen LogP contribution in [0.25, 0.3) is 0 Å². The summed E-state index contributed by atoms with van der Waals surface area (Å²) >= 11 is 0. The summed E-state index contributed by atoms with van der Waals surface area (Å²) in [6.07, 6.45) is 0.717. The number of benzene rings is 2. The van der Waals surface area contributed by atoms with Crippen LogP contribution in [0, 0.1) is 0 Å². The summed E-state index contributed by atoms with van der Waals surface area (Å²) in [4.78, 5) is 25.0. The SMILES string of the molecule is COCOc1cc(OCOC)cc(C(C(=O)OC)c2cccc(CCC(=O)OC(C)(C)C)c2)c1. The monoisotopic (exact) mass is 474 g/mol. The summed E-state index contributed by atoms with van der Waals surface area (Å²) in [6, 6.07) is 12.7. The number of rotatable bonds is 12. The Morgan fingerprint density at radius 3 is 2.00 bits per heavy atom. The second-order valence-electron chi connectivity index (χ2n) is 8.63. The molecule has 0 aliphatic carbocycles. The molecular formula is C26H34O8. The van der Waals surface area contributed by atoms with E-state index in [1.54, 1.807) is 18.2 Å². The predicted molar refractivity (Wildman–Crippen MR) is 126 cm³/mol. The largest absolute Gasteiger partial charge is 0.468 e. The van der Waals surface area contributed by atoms with Crippen LogP contribution in [0.3, 0.4) is 0 Å². The van der Waals surface area contributed by atoms with E-state index in [4.69, 9.17) is 28.4 Å². The van der Waals surface area contributed by atoms with Gasteiger partial charge in [-0.15, -0.1) is 0 Å². The maximum Gasteiger partial charge on any atom is 0.317 e. The molecule has 0 heterocycles. The van der Waals surface area contributed by atoms with Gasteiger partial charge >= 0.3 is 11.9 Å². The van der Waals surface area contributed by atoms with E-state index in [2.05, 4.69) is 0 Å². The smallest absolute Gasteiger partial charge is 0.317 e. The molecule has 1 unspecified atom stereocenters. The number of methoxy groups -OCH3 is 3. The lowest BCUT2D eigenvalue weighted by molar-refractivity contribution is -0.154. The zero-order chi connectivity index (χ0) is 25.1. The molecule has 8 nitrogen and oxygen atoms in total. The Morgan fingerprint density at radius 1 is 0.853 bits per heavy atom. The summed E-state index contributed by atoms with van der Waals surface area (Å²) in [5.41, 5.74) is 1.71. The molecule has 2 rings (SSSR count). The molecule has 0 N–H and O–H groups in total. The molecule has 0 radical (unpaired) electrons. The molecule has 0 spiro atoms. The van der Waals surface area contributed by atoms with E-state index >= 15 is 0 Å². The second-order valence-corrected chi connectivity index (χ2v) is 8.63. The molecule has 0 saturated heterocycles. The molecule has 0 aliphatic heterocycles. The Balaban J connectivity index is 2.36. The lowest BCUT2D eigenvalue weighted by atomic mass is 9.89. The van der Waals surface area contributed by atoms with Gasteiger partial charge in [-0.1, -0.05) is 24.3 Å². The highest BCUT2D eigenvalue weighted by atomic mass is 16.7. The Bertz CT molecular complexity index is 922. The van der Waals surface area contributed by atoms with Gasteiger partial charge in [0.15, 0.2) is 13.6 Å². The zero-order valence-electron chi connectivity index (χ0n) is 20.7. The molecule has 2 aromatic carbocycles. The van der Waals surface area contributed by atoms with Crippen LogP contribution in [0.1, 0.15) is 49.8 Å². The topological polar surface area (TPSA) is 89.5 Å². The fraction of sp³-hybridized carbons (Fsp3) is 0.462. The Hall–Kier alpha value is -3.10. The van der Waals surface area contributed by atoms with Crippen LogP contribution in [0.4, 0.5) is 0 Å². The highest BCUT2D eigenvalue weighted by Crippen LogP contribution is 2.33. The average Bonchev–Trinajstić information content (AvgIpc) is 2.79. The molecule has 8 heteroatoms. The van der Waals surface area contributed by atoms with Crippen LogP contribution in [0.15, 0.2) is 42.5 Å². The maximum atomic E-state index is 12.9. The molecule has 0 aliphatic rings. The normalized spacial score (nSPS) is 12.1. The molecule has 0 amide bonds. The molecule has 0 saturated carbocycles. The summed E-state index contributed by atoms with van der Waals surface area (Å²) in [7, 11) is 4.38. The molecule has 1 atom stereocenters. The maximum absolute atomic E-state index is 12.9. The number of carbonyl (C=O) groups excluding carboxylic acids is 2. The Morgan fingerprint density at radius 2 is 1.47 bits per heavy atom. The van der Waals surface area contributed by atoms with Gasteiger partial charge in [0.05, 0.1) is 7.11 Å². The fourth-order valence-corrected chi connectivity index (χ4v) is 3.33. The first-order valence-corrected chi connectivity index (χ1v) is 10.9. The predicted octanol–water partition coefficient (Wildman–Crippen LogP) is 4.23. The van der Waals surface area contributed by atoms with Gasteiger partial charge in [0.2, 0.25) is 0 Å². The first-order valence-electron chi connectivity index (χ1n) is 10.9. The van der Waals surface area contributed by atoms with Crippen molar-refractivity contribution < 1.29 is 38.0 Å². The number of hydrogen-bond donors (Lipinski definition) is 0. The number of esters is 2. The quantitative estimate of drug-likeness (QED) is 0.334. The molecule has 186 valence electrons. The van der Waals surface area contributed by atoms with Gasteiger partial charge in [-0.2, -0.15) is 0 Å². The summed E-state index contributed by atoms with van der Waals surface area (Å²) in [5.74, 6) is -0.500. The van der Waals surface area contributed by atoms with Crippen LogP contribution in [-0.4, -0.2) is 52.5 Å². The molecule has 0 bridgehead atoms. The first kappa shape index (κ1) is 27.1. The third kappa shape index (κ3) is 8.68. The Kier molecular flexibility index (Phi) is 10.3. The van der Waals surface area contributed by atoms with Gasteiger partial charge in [0.25, 0.3) is 0 Å². The van der Waals surface area contributed by atoms with Gasteiger partial charge in [0.1, 0.15) is 23.0 Å². The summed E-state index contributed by atoms with van der Waals surface area (Å²) in [5, 5.41) is 0. The zero-order valence-corrected chi connectivity index (χ0v) is 20.7. The van der Waals surface area contributed by atoms with Crippen molar-refractivity contribution in [2.75, 3.05) is 34.9 Å². The number of hydrogen-bond acceptors (Lipinski definition) is 8. The van der Waals surface area contributed by atoms with E-state index in [-0.39, 0.29) is 26.0 Å². The van der Waals surface area contributed by atoms with Gasteiger partial charge in [-0.25, -0.2) is 0 Å². The van der Waals surface area contributed by atoms with Crippen molar-refractivity contribution >= 4 is 11.9 Å². The minimum atomic E-state index is -0.734. The van der Waals surface area contributed by atoms with Crippen molar-refractivity contribution in [3.63, 3.8) is 0 Å².